The molecule has 2 aliphatic rings. The summed E-state index contributed by atoms with van der Waals surface area (Å²) in [4.78, 5) is 11.8. The number of benzene rings is 1. The zero-order valence-electron chi connectivity index (χ0n) is 15.0. The van der Waals surface area contributed by atoms with Crippen LogP contribution >= 0.6 is 0 Å². The van der Waals surface area contributed by atoms with Gasteiger partial charge in [-0.15, -0.1) is 0 Å². The average Bonchev–Trinajstić information content (AvgIpc) is 2.95. The minimum atomic E-state index is 0.107. The summed E-state index contributed by atoms with van der Waals surface area (Å²) in [5, 5.41) is 0. The van der Waals surface area contributed by atoms with Crippen LogP contribution in [0.2, 0.25) is 0 Å². The van der Waals surface area contributed by atoms with Crippen LogP contribution < -0.4 is 15.4 Å². The molecule has 2 aromatic rings. The lowest BCUT2D eigenvalue weighted by Crippen LogP contribution is -2.29. The topological polar surface area (TPSA) is 64.3 Å². The lowest BCUT2D eigenvalue weighted by molar-refractivity contribution is 0.400. The van der Waals surface area contributed by atoms with E-state index in [0.717, 1.165) is 36.2 Å². The fraction of sp³-hybridized carbons (Fsp3) is 0.500. The van der Waals surface area contributed by atoms with E-state index in [4.69, 9.17) is 15.5 Å². The Bertz CT molecular complexity index is 742. The molecule has 0 spiro atoms. The molecule has 5 heteroatoms. The monoisotopic (exact) mass is 338 g/mol. The first-order chi connectivity index (χ1) is 12.1. The van der Waals surface area contributed by atoms with Gasteiger partial charge in [-0.25, -0.2) is 9.97 Å². The lowest BCUT2D eigenvalue weighted by atomic mass is 9.85. The van der Waals surface area contributed by atoms with E-state index in [1.165, 1.54) is 24.8 Å². The van der Waals surface area contributed by atoms with E-state index in [1.807, 2.05) is 12.1 Å². The summed E-state index contributed by atoms with van der Waals surface area (Å²) in [6.45, 7) is 3.79. The largest absolute Gasteiger partial charge is 0.497 e. The molecule has 5 nitrogen and oxygen atoms in total. The molecule has 0 unspecified atom stereocenters. The Morgan fingerprint density at radius 1 is 1.12 bits per heavy atom. The number of anilines is 1. The van der Waals surface area contributed by atoms with Crippen LogP contribution in [0.1, 0.15) is 48.2 Å². The zero-order chi connectivity index (χ0) is 17.4. The molecule has 1 aromatic carbocycles. The molecule has 2 N–H and O–H groups in total. The third-order valence-corrected chi connectivity index (χ3v) is 5.56. The second-order valence-corrected chi connectivity index (χ2v) is 7.30. The number of methoxy groups -OCH3 is 1. The number of aryl methyl sites for hydroxylation is 1. The van der Waals surface area contributed by atoms with Crippen molar-refractivity contribution in [2.24, 2.45) is 5.73 Å². The third-order valence-electron chi connectivity index (χ3n) is 5.56. The molecule has 132 valence electrons. The van der Waals surface area contributed by atoms with Gasteiger partial charge in [0.2, 0.25) is 0 Å². The molecular weight excluding hydrogens is 312 g/mol. The minimum Gasteiger partial charge on any atom is -0.497 e. The van der Waals surface area contributed by atoms with Crippen LogP contribution in [0, 0.1) is 6.92 Å². The van der Waals surface area contributed by atoms with E-state index in [2.05, 4.69) is 35.0 Å². The fourth-order valence-corrected chi connectivity index (χ4v) is 3.81. The summed E-state index contributed by atoms with van der Waals surface area (Å²) in [5.74, 6) is 3.79. The number of ether oxygens (including phenoxy) is 1. The maximum absolute atomic E-state index is 6.47. The normalized spacial score (nSPS) is 23.6. The maximum atomic E-state index is 6.47. The summed E-state index contributed by atoms with van der Waals surface area (Å²) in [7, 11) is 1.69. The van der Waals surface area contributed by atoms with Crippen molar-refractivity contribution in [2.45, 2.75) is 44.1 Å². The van der Waals surface area contributed by atoms with Gasteiger partial charge in [0.1, 0.15) is 17.4 Å². The van der Waals surface area contributed by atoms with Crippen molar-refractivity contribution in [2.75, 3.05) is 25.1 Å². The molecular formula is C20H26N4O. The predicted molar refractivity (Wildman–Crippen MR) is 99.3 cm³/mol. The fourth-order valence-electron chi connectivity index (χ4n) is 3.81. The highest BCUT2D eigenvalue weighted by atomic mass is 16.5. The lowest BCUT2D eigenvalue weighted by Gasteiger charge is -2.26. The van der Waals surface area contributed by atoms with Crippen molar-refractivity contribution in [3.05, 3.63) is 47.4 Å². The summed E-state index contributed by atoms with van der Waals surface area (Å²) in [6, 6.07) is 10.5. The molecule has 1 saturated carbocycles. The Morgan fingerprint density at radius 2 is 1.88 bits per heavy atom. The molecule has 0 amide bonds. The van der Waals surface area contributed by atoms with Crippen LogP contribution in [-0.2, 0) is 0 Å². The smallest absolute Gasteiger partial charge is 0.134 e. The second-order valence-electron chi connectivity index (χ2n) is 7.30. The van der Waals surface area contributed by atoms with Crippen LogP contribution in [0.15, 0.2) is 30.3 Å². The molecule has 1 aliphatic carbocycles. The Hall–Kier alpha value is -2.14. The van der Waals surface area contributed by atoms with Gasteiger partial charge in [0.05, 0.1) is 7.11 Å². The molecule has 25 heavy (non-hydrogen) atoms. The number of nitrogens with zero attached hydrogens (tertiary/aromatic N) is 3. The highest BCUT2D eigenvalue weighted by Gasteiger charge is 2.33. The molecule has 1 aliphatic heterocycles. The van der Waals surface area contributed by atoms with E-state index in [0.29, 0.717) is 11.8 Å². The summed E-state index contributed by atoms with van der Waals surface area (Å²) in [5.41, 5.74) is 8.78. The van der Waals surface area contributed by atoms with Crippen molar-refractivity contribution in [3.8, 4) is 5.75 Å². The summed E-state index contributed by atoms with van der Waals surface area (Å²) < 4.78 is 5.26. The molecule has 2 atom stereocenters. The van der Waals surface area contributed by atoms with Crippen LogP contribution in [0.5, 0.6) is 5.75 Å². The molecule has 2 heterocycles. The van der Waals surface area contributed by atoms with Crippen LogP contribution in [0.4, 0.5) is 5.82 Å². The van der Waals surface area contributed by atoms with Gasteiger partial charge in [-0.05, 0) is 37.5 Å². The number of hydrogen-bond acceptors (Lipinski definition) is 5. The van der Waals surface area contributed by atoms with E-state index >= 15 is 0 Å². The first-order valence-corrected chi connectivity index (χ1v) is 9.14. The SMILES string of the molecule is COc1ccc([C@@H]2CN(c3cc(C)nc(C4CCC4)n3)C[C@H]2N)cc1. The van der Waals surface area contributed by atoms with Gasteiger partial charge >= 0.3 is 0 Å². The van der Waals surface area contributed by atoms with Crippen molar-refractivity contribution in [1.29, 1.82) is 0 Å². The van der Waals surface area contributed by atoms with Crippen molar-refractivity contribution < 1.29 is 4.74 Å². The van der Waals surface area contributed by atoms with Gasteiger partial charge < -0.3 is 15.4 Å². The number of hydrogen-bond donors (Lipinski definition) is 1. The third kappa shape index (κ3) is 3.21. The van der Waals surface area contributed by atoms with Gasteiger partial charge in [-0.2, -0.15) is 0 Å². The number of rotatable bonds is 4. The number of aromatic nitrogens is 2. The molecule has 2 fully saturated rings. The van der Waals surface area contributed by atoms with Gasteiger partial charge in [-0.3, -0.25) is 0 Å². The molecule has 0 bridgehead atoms. The highest BCUT2D eigenvalue weighted by molar-refractivity contribution is 5.45. The van der Waals surface area contributed by atoms with Gasteiger partial charge in [-0.1, -0.05) is 18.6 Å². The highest BCUT2D eigenvalue weighted by Crippen LogP contribution is 2.36. The average molecular weight is 338 g/mol. The van der Waals surface area contributed by atoms with Gasteiger partial charge in [0.15, 0.2) is 0 Å². The van der Waals surface area contributed by atoms with Gasteiger partial charge in [0, 0.05) is 42.7 Å². The first kappa shape index (κ1) is 16.3. The Labute approximate surface area is 149 Å². The summed E-state index contributed by atoms with van der Waals surface area (Å²) >= 11 is 0. The Morgan fingerprint density at radius 3 is 2.52 bits per heavy atom. The van der Waals surface area contributed by atoms with Crippen LogP contribution in [0.25, 0.3) is 0 Å². The quantitative estimate of drug-likeness (QED) is 0.928. The first-order valence-electron chi connectivity index (χ1n) is 9.14. The molecule has 1 saturated heterocycles. The molecule has 4 rings (SSSR count). The van der Waals surface area contributed by atoms with E-state index < -0.39 is 0 Å². The maximum Gasteiger partial charge on any atom is 0.134 e. The molecule has 0 radical (unpaired) electrons. The van der Waals surface area contributed by atoms with E-state index in [-0.39, 0.29) is 6.04 Å². The van der Waals surface area contributed by atoms with E-state index in [9.17, 15) is 0 Å². The van der Waals surface area contributed by atoms with Crippen LogP contribution in [0.3, 0.4) is 0 Å². The van der Waals surface area contributed by atoms with Crippen molar-refractivity contribution in [1.82, 2.24) is 9.97 Å². The van der Waals surface area contributed by atoms with E-state index in [1.54, 1.807) is 7.11 Å². The second kappa shape index (κ2) is 6.64. The van der Waals surface area contributed by atoms with Gasteiger partial charge in [0.25, 0.3) is 0 Å². The van der Waals surface area contributed by atoms with Crippen LogP contribution in [-0.4, -0.2) is 36.2 Å². The number of nitrogens with two attached hydrogens (primary N) is 1. The zero-order valence-corrected chi connectivity index (χ0v) is 15.0. The predicted octanol–water partition coefficient (Wildman–Crippen LogP) is 2.99. The minimum absolute atomic E-state index is 0.107. The molecule has 1 aromatic heterocycles. The summed E-state index contributed by atoms with van der Waals surface area (Å²) in [6.07, 6.45) is 3.74. The standard InChI is InChI=1S/C20H26N4O/c1-13-10-19(23-20(22-13)15-4-3-5-15)24-11-17(18(21)12-24)14-6-8-16(25-2)9-7-14/h6-10,15,17-18H,3-5,11-12,21H2,1-2H3/t17-,18+/m0/s1. The van der Waals surface area contributed by atoms with Crippen molar-refractivity contribution >= 4 is 5.82 Å². The van der Waals surface area contributed by atoms with Crippen molar-refractivity contribution in [3.63, 3.8) is 0 Å². The Balaban J connectivity index is 1.55. The Kier molecular flexibility index (Phi) is 4.34.